The fraction of sp³-hybridized carbons (Fsp3) is 0.143. The summed E-state index contributed by atoms with van der Waals surface area (Å²) in [6, 6.07) is 1.97. The third-order valence-corrected chi connectivity index (χ3v) is 2.37. The van der Waals surface area contributed by atoms with Crippen LogP contribution in [0, 0.1) is 11.3 Å². The van der Waals surface area contributed by atoms with Crippen LogP contribution in [0.15, 0.2) is 17.2 Å². The molecule has 6 nitrogen and oxygen atoms in total. The highest BCUT2D eigenvalue weighted by Gasteiger charge is 2.33. The van der Waals surface area contributed by atoms with E-state index in [0.717, 1.165) is 0 Å². The minimum Gasteiger partial charge on any atom is -0.386 e. The summed E-state index contributed by atoms with van der Waals surface area (Å²) in [5.74, 6) is -1.03. The smallest absolute Gasteiger partial charge is 0.386 e. The molecule has 0 saturated heterocycles. The topological polar surface area (TPSA) is 106 Å². The van der Waals surface area contributed by atoms with Crippen molar-refractivity contribution in [2.45, 2.75) is 11.3 Å². The van der Waals surface area contributed by atoms with Gasteiger partial charge in [0, 0.05) is 0 Å². The lowest BCUT2D eigenvalue weighted by Gasteiger charge is -2.09. The van der Waals surface area contributed by atoms with Crippen molar-refractivity contribution < 1.29 is 26.3 Å². The van der Waals surface area contributed by atoms with Gasteiger partial charge in [0.1, 0.15) is 16.5 Å². The Bertz CT molecular complexity index is 576. The van der Waals surface area contributed by atoms with E-state index in [4.69, 9.17) is 10.4 Å². The Morgan fingerprint density at radius 3 is 2.47 bits per heavy atom. The van der Waals surface area contributed by atoms with Crippen LogP contribution in [0.1, 0.15) is 5.56 Å². The number of pyridine rings is 1. The first-order valence-corrected chi connectivity index (χ1v) is 5.37. The van der Waals surface area contributed by atoms with Crippen molar-refractivity contribution in [3.63, 3.8) is 0 Å². The Kier molecular flexibility index (Phi) is 3.25. The molecule has 0 aliphatic heterocycles. The Labute approximate surface area is 93.5 Å². The number of nitrogens with two attached hydrogens (primary N) is 1. The first-order chi connectivity index (χ1) is 7.63. The van der Waals surface area contributed by atoms with Crippen LogP contribution >= 0.6 is 0 Å². The molecule has 17 heavy (non-hydrogen) atoms. The van der Waals surface area contributed by atoms with Gasteiger partial charge in [0.15, 0.2) is 0 Å². The van der Waals surface area contributed by atoms with Crippen molar-refractivity contribution in [2.75, 3.05) is 0 Å². The summed E-state index contributed by atoms with van der Waals surface area (Å²) in [6.45, 7) is 0. The van der Waals surface area contributed by atoms with Crippen molar-refractivity contribution in [3.8, 4) is 11.9 Å². The van der Waals surface area contributed by atoms with Gasteiger partial charge < -0.3 is 4.74 Å². The molecule has 0 saturated carbocycles. The molecular weight excluding hydrogens is 263 g/mol. The van der Waals surface area contributed by atoms with Crippen molar-refractivity contribution in [2.24, 2.45) is 5.14 Å². The van der Waals surface area contributed by atoms with Crippen LogP contribution in [-0.2, 0) is 10.0 Å². The molecule has 0 atom stereocenters. The van der Waals surface area contributed by atoms with Crippen LogP contribution in [0.25, 0.3) is 0 Å². The quantitative estimate of drug-likeness (QED) is 0.839. The van der Waals surface area contributed by atoms with Gasteiger partial charge in [-0.15, -0.1) is 13.2 Å². The molecule has 1 aromatic heterocycles. The van der Waals surface area contributed by atoms with E-state index in [1.807, 2.05) is 0 Å². The molecule has 1 aromatic rings. The molecular formula is C7H4F3N3O3S. The van der Waals surface area contributed by atoms with E-state index in [1.165, 1.54) is 6.07 Å². The first kappa shape index (κ1) is 13.2. The predicted molar refractivity (Wildman–Crippen MR) is 47.0 cm³/mol. The van der Waals surface area contributed by atoms with Gasteiger partial charge in [-0.05, 0) is 6.07 Å². The zero-order valence-corrected chi connectivity index (χ0v) is 8.71. The molecule has 1 rings (SSSR count). The summed E-state index contributed by atoms with van der Waals surface area (Å²) >= 11 is 0. The van der Waals surface area contributed by atoms with E-state index < -0.39 is 32.7 Å². The number of halogens is 3. The number of alkyl halides is 3. The second kappa shape index (κ2) is 4.19. The fourth-order valence-corrected chi connectivity index (χ4v) is 1.34. The van der Waals surface area contributed by atoms with Crippen molar-refractivity contribution in [3.05, 3.63) is 17.8 Å². The highest BCUT2D eigenvalue weighted by molar-refractivity contribution is 7.89. The average molecular weight is 267 g/mol. The summed E-state index contributed by atoms with van der Waals surface area (Å²) in [5, 5.41) is 13.2. The van der Waals surface area contributed by atoms with Crippen LogP contribution in [0.3, 0.4) is 0 Å². The van der Waals surface area contributed by atoms with Gasteiger partial charge in [0.05, 0.1) is 6.20 Å². The number of rotatable bonds is 2. The van der Waals surface area contributed by atoms with Crippen molar-refractivity contribution in [1.29, 1.82) is 5.26 Å². The highest BCUT2D eigenvalue weighted by Crippen LogP contribution is 2.25. The Hall–Kier alpha value is -1.86. The Morgan fingerprint density at radius 1 is 1.47 bits per heavy atom. The summed E-state index contributed by atoms with van der Waals surface area (Å²) in [6.07, 6.45) is -4.46. The van der Waals surface area contributed by atoms with Gasteiger partial charge >= 0.3 is 6.36 Å². The maximum absolute atomic E-state index is 11.9. The summed E-state index contributed by atoms with van der Waals surface area (Å²) in [7, 11) is -4.15. The maximum Gasteiger partial charge on any atom is 0.574 e. The lowest BCUT2D eigenvalue weighted by atomic mass is 10.3. The normalized spacial score (nSPS) is 11.9. The summed E-state index contributed by atoms with van der Waals surface area (Å²) in [5.41, 5.74) is -0.686. The monoisotopic (exact) mass is 267 g/mol. The van der Waals surface area contributed by atoms with E-state index in [2.05, 4.69) is 9.72 Å². The Morgan fingerprint density at radius 2 is 2.06 bits per heavy atom. The fourth-order valence-electron chi connectivity index (χ4n) is 0.860. The van der Waals surface area contributed by atoms with Crippen molar-refractivity contribution >= 4 is 10.0 Å². The van der Waals surface area contributed by atoms with Crippen LogP contribution in [0.4, 0.5) is 13.2 Å². The first-order valence-electron chi connectivity index (χ1n) is 3.82. The highest BCUT2D eigenvalue weighted by atomic mass is 32.2. The zero-order valence-electron chi connectivity index (χ0n) is 7.89. The van der Waals surface area contributed by atoms with Crippen LogP contribution in [-0.4, -0.2) is 19.8 Å². The molecule has 0 unspecified atom stereocenters. The van der Waals surface area contributed by atoms with Gasteiger partial charge in [-0.1, -0.05) is 0 Å². The molecule has 0 radical (unpaired) electrons. The largest absolute Gasteiger partial charge is 0.574 e. The minimum atomic E-state index is -5.03. The zero-order chi connectivity index (χ0) is 13.3. The maximum atomic E-state index is 11.9. The minimum absolute atomic E-state index is 0.567. The third kappa shape index (κ3) is 3.58. The summed E-state index contributed by atoms with van der Waals surface area (Å²) < 4.78 is 60.8. The molecule has 0 fully saturated rings. The van der Waals surface area contributed by atoms with Gasteiger partial charge in [-0.2, -0.15) is 5.26 Å². The molecule has 0 bridgehead atoms. The number of aromatic nitrogens is 1. The van der Waals surface area contributed by atoms with E-state index >= 15 is 0 Å². The van der Waals surface area contributed by atoms with Gasteiger partial charge in [0.2, 0.25) is 15.9 Å². The van der Waals surface area contributed by atoms with Crippen molar-refractivity contribution in [1.82, 2.24) is 4.98 Å². The van der Waals surface area contributed by atoms with Crippen LogP contribution < -0.4 is 9.88 Å². The second-order valence-corrected chi connectivity index (χ2v) is 4.29. The van der Waals surface area contributed by atoms with Crippen LogP contribution in [0.5, 0.6) is 5.88 Å². The van der Waals surface area contributed by atoms with Crippen LogP contribution in [0.2, 0.25) is 0 Å². The van der Waals surface area contributed by atoms with Gasteiger partial charge in [-0.3, -0.25) is 0 Å². The molecule has 0 amide bonds. The SMILES string of the molecule is N#Cc1cc(S(N)(=O)=O)cnc1OC(F)(F)F. The summed E-state index contributed by atoms with van der Waals surface area (Å²) in [4.78, 5) is 2.50. The number of nitriles is 1. The number of hydrogen-bond donors (Lipinski definition) is 1. The molecule has 0 spiro atoms. The number of nitrogens with zero attached hydrogens (tertiary/aromatic N) is 2. The van der Waals surface area contributed by atoms with Gasteiger partial charge in [0.25, 0.3) is 0 Å². The molecule has 92 valence electrons. The third-order valence-electron chi connectivity index (χ3n) is 1.49. The van der Waals surface area contributed by atoms with E-state index in [9.17, 15) is 21.6 Å². The standard InChI is InChI=1S/C7H4F3N3O3S/c8-7(9,10)16-6-4(2-11)1-5(3-13-6)17(12,14)15/h1,3H,(H2,12,14,15). The molecule has 0 aromatic carbocycles. The molecule has 0 aliphatic carbocycles. The molecule has 2 N–H and O–H groups in total. The lowest BCUT2D eigenvalue weighted by molar-refractivity contribution is -0.276. The molecule has 10 heteroatoms. The molecule has 0 aliphatic rings. The number of hydrogen-bond acceptors (Lipinski definition) is 5. The second-order valence-electron chi connectivity index (χ2n) is 2.73. The average Bonchev–Trinajstić information content (AvgIpc) is 2.14. The number of primary sulfonamides is 1. The Balaban J connectivity index is 3.26. The lowest BCUT2D eigenvalue weighted by Crippen LogP contribution is -2.19. The predicted octanol–water partition coefficient (Wildman–Crippen LogP) is 0.499. The number of ether oxygens (including phenoxy) is 1. The van der Waals surface area contributed by atoms with E-state index in [0.29, 0.717) is 12.3 Å². The molecule has 1 heterocycles. The number of sulfonamides is 1. The van der Waals surface area contributed by atoms with Gasteiger partial charge in [-0.25, -0.2) is 18.5 Å². The van der Waals surface area contributed by atoms with E-state index in [-0.39, 0.29) is 0 Å². The van der Waals surface area contributed by atoms with E-state index in [1.54, 1.807) is 0 Å².